The molecule has 3 rings (SSSR count). The molecule has 138 valence electrons. The number of rotatable bonds is 8. The number of carbonyl (C=O) groups excluding carboxylic acids is 2. The van der Waals surface area contributed by atoms with E-state index in [1.54, 1.807) is 18.3 Å². The van der Waals surface area contributed by atoms with Gasteiger partial charge in [-0.2, -0.15) is 0 Å². The zero-order valence-corrected chi connectivity index (χ0v) is 15.5. The van der Waals surface area contributed by atoms with E-state index in [1.807, 2.05) is 30.3 Å². The summed E-state index contributed by atoms with van der Waals surface area (Å²) in [4.78, 5) is 28.3. The molecule has 3 aromatic rings. The molecule has 0 unspecified atom stereocenters. The Hall–Kier alpha value is -3.19. The molecule has 1 amide bonds. The molecule has 6 nitrogen and oxygen atoms in total. The number of carbonyl (C=O) groups is 2. The Morgan fingerprint density at radius 3 is 2.74 bits per heavy atom. The number of thiazole rings is 1. The van der Waals surface area contributed by atoms with Gasteiger partial charge in [0.15, 0.2) is 23.2 Å². The zero-order valence-electron chi connectivity index (χ0n) is 14.7. The van der Waals surface area contributed by atoms with Crippen molar-refractivity contribution in [1.82, 2.24) is 4.98 Å². The molecule has 0 atom stereocenters. The minimum absolute atomic E-state index is 0.216. The van der Waals surface area contributed by atoms with Gasteiger partial charge in [0.2, 0.25) is 0 Å². The number of amides is 1. The van der Waals surface area contributed by atoms with Gasteiger partial charge >= 0.3 is 0 Å². The maximum atomic E-state index is 12.1. The third-order valence-corrected chi connectivity index (χ3v) is 4.62. The van der Waals surface area contributed by atoms with Crippen LogP contribution in [-0.4, -0.2) is 30.9 Å². The van der Waals surface area contributed by atoms with E-state index in [4.69, 9.17) is 9.47 Å². The smallest absolute Gasteiger partial charge is 0.264 e. The Balaban J connectivity index is 1.56. The van der Waals surface area contributed by atoms with Crippen molar-refractivity contribution in [3.63, 3.8) is 0 Å². The number of ether oxygens (including phenoxy) is 2. The predicted molar refractivity (Wildman–Crippen MR) is 104 cm³/mol. The first kappa shape index (κ1) is 18.6. The summed E-state index contributed by atoms with van der Waals surface area (Å²) in [5.41, 5.74) is 1.63. The van der Waals surface area contributed by atoms with Crippen LogP contribution in [0.15, 0.2) is 54.7 Å². The number of hydrogen-bond acceptors (Lipinski definition) is 6. The topological polar surface area (TPSA) is 77.5 Å². The van der Waals surface area contributed by atoms with E-state index in [0.717, 1.165) is 11.3 Å². The zero-order chi connectivity index (χ0) is 19.1. The highest BCUT2D eigenvalue weighted by Gasteiger charge is 2.11. The SMILES string of the molecule is COc1ccc(C=O)cc1OCC(=O)Nc1ncc(Cc2ccccc2)s1. The molecule has 2 aromatic carbocycles. The molecule has 1 N–H and O–H groups in total. The van der Waals surface area contributed by atoms with E-state index in [1.165, 1.54) is 30.1 Å². The van der Waals surface area contributed by atoms with Gasteiger partial charge in [-0.25, -0.2) is 4.98 Å². The van der Waals surface area contributed by atoms with E-state index in [0.29, 0.717) is 28.5 Å². The van der Waals surface area contributed by atoms with Crippen LogP contribution in [0.25, 0.3) is 0 Å². The fourth-order valence-electron chi connectivity index (χ4n) is 2.42. The number of aromatic nitrogens is 1. The first-order valence-electron chi connectivity index (χ1n) is 8.22. The number of aldehydes is 1. The number of nitrogens with zero attached hydrogens (tertiary/aromatic N) is 1. The highest BCUT2D eigenvalue weighted by Crippen LogP contribution is 2.27. The summed E-state index contributed by atoms with van der Waals surface area (Å²) in [6.45, 7) is -0.216. The van der Waals surface area contributed by atoms with Gasteiger partial charge in [-0.1, -0.05) is 30.3 Å². The van der Waals surface area contributed by atoms with Gasteiger partial charge in [-0.05, 0) is 23.8 Å². The van der Waals surface area contributed by atoms with Crippen molar-refractivity contribution in [1.29, 1.82) is 0 Å². The minimum Gasteiger partial charge on any atom is -0.493 e. The van der Waals surface area contributed by atoms with Gasteiger partial charge < -0.3 is 9.47 Å². The van der Waals surface area contributed by atoms with Crippen LogP contribution in [0.2, 0.25) is 0 Å². The van der Waals surface area contributed by atoms with Crippen LogP contribution >= 0.6 is 11.3 Å². The largest absolute Gasteiger partial charge is 0.493 e. The third-order valence-electron chi connectivity index (χ3n) is 3.70. The van der Waals surface area contributed by atoms with Crippen LogP contribution in [0.3, 0.4) is 0 Å². The van der Waals surface area contributed by atoms with Crippen molar-refractivity contribution in [2.24, 2.45) is 0 Å². The first-order valence-corrected chi connectivity index (χ1v) is 9.04. The Morgan fingerprint density at radius 1 is 1.19 bits per heavy atom. The van der Waals surface area contributed by atoms with Crippen LogP contribution in [-0.2, 0) is 11.2 Å². The average molecular weight is 382 g/mol. The van der Waals surface area contributed by atoms with Crippen molar-refractivity contribution < 1.29 is 19.1 Å². The fraction of sp³-hybridized carbons (Fsp3) is 0.150. The second-order valence-corrected chi connectivity index (χ2v) is 6.77. The van der Waals surface area contributed by atoms with E-state index in [-0.39, 0.29) is 12.5 Å². The normalized spacial score (nSPS) is 10.3. The molecule has 0 radical (unpaired) electrons. The van der Waals surface area contributed by atoms with Gasteiger partial charge in [0.25, 0.3) is 5.91 Å². The summed E-state index contributed by atoms with van der Waals surface area (Å²) in [6, 6.07) is 14.8. The molecule has 0 fully saturated rings. The van der Waals surface area contributed by atoms with E-state index >= 15 is 0 Å². The number of hydrogen-bond donors (Lipinski definition) is 1. The summed E-state index contributed by atoms with van der Waals surface area (Å²) in [6.07, 6.45) is 3.22. The number of methoxy groups -OCH3 is 1. The van der Waals surface area contributed by atoms with Gasteiger partial charge in [-0.3, -0.25) is 14.9 Å². The van der Waals surface area contributed by atoms with E-state index < -0.39 is 0 Å². The summed E-state index contributed by atoms with van der Waals surface area (Å²) in [7, 11) is 1.49. The molecule has 0 aliphatic heterocycles. The monoisotopic (exact) mass is 382 g/mol. The number of anilines is 1. The van der Waals surface area contributed by atoms with Gasteiger partial charge in [0.05, 0.1) is 7.11 Å². The lowest BCUT2D eigenvalue weighted by atomic mass is 10.1. The lowest BCUT2D eigenvalue weighted by Crippen LogP contribution is -2.20. The lowest BCUT2D eigenvalue weighted by Gasteiger charge is -2.10. The molecule has 27 heavy (non-hydrogen) atoms. The highest BCUT2D eigenvalue weighted by molar-refractivity contribution is 7.15. The molecule has 1 aromatic heterocycles. The molecule has 0 bridgehead atoms. The predicted octanol–water partition coefficient (Wildman–Crippen LogP) is 3.57. The maximum Gasteiger partial charge on any atom is 0.264 e. The Labute approximate surface area is 160 Å². The highest BCUT2D eigenvalue weighted by atomic mass is 32.1. The number of benzene rings is 2. The second kappa shape index (κ2) is 8.95. The van der Waals surface area contributed by atoms with Crippen LogP contribution in [0, 0.1) is 0 Å². The average Bonchev–Trinajstić information content (AvgIpc) is 3.13. The summed E-state index contributed by atoms with van der Waals surface area (Å²) in [5.74, 6) is 0.447. The molecular weight excluding hydrogens is 364 g/mol. The molecule has 0 saturated carbocycles. The quantitative estimate of drug-likeness (QED) is 0.603. The molecule has 0 spiro atoms. The summed E-state index contributed by atoms with van der Waals surface area (Å²) >= 11 is 1.42. The molecule has 7 heteroatoms. The molecule has 0 aliphatic rings. The summed E-state index contributed by atoms with van der Waals surface area (Å²) < 4.78 is 10.7. The van der Waals surface area contributed by atoms with Crippen molar-refractivity contribution in [2.75, 3.05) is 19.0 Å². The van der Waals surface area contributed by atoms with Crippen molar-refractivity contribution in [2.45, 2.75) is 6.42 Å². The van der Waals surface area contributed by atoms with Crippen LogP contribution in [0.4, 0.5) is 5.13 Å². The van der Waals surface area contributed by atoms with Crippen LogP contribution in [0.1, 0.15) is 20.8 Å². The summed E-state index contributed by atoms with van der Waals surface area (Å²) in [5, 5.41) is 3.23. The first-order chi connectivity index (χ1) is 13.2. The molecule has 0 aliphatic carbocycles. The lowest BCUT2D eigenvalue weighted by molar-refractivity contribution is -0.118. The molecule has 0 saturated heterocycles. The van der Waals surface area contributed by atoms with E-state index in [2.05, 4.69) is 10.3 Å². The van der Waals surface area contributed by atoms with Crippen LogP contribution in [0.5, 0.6) is 11.5 Å². The van der Waals surface area contributed by atoms with E-state index in [9.17, 15) is 9.59 Å². The Kier molecular flexibility index (Phi) is 6.17. The van der Waals surface area contributed by atoms with Gasteiger partial charge in [0, 0.05) is 23.1 Å². The molecule has 1 heterocycles. The maximum absolute atomic E-state index is 12.1. The third kappa shape index (κ3) is 5.15. The second-order valence-electron chi connectivity index (χ2n) is 5.66. The van der Waals surface area contributed by atoms with Crippen molar-refractivity contribution in [3.05, 3.63) is 70.7 Å². The minimum atomic E-state index is -0.339. The standard InChI is InChI=1S/C20H18N2O4S/c1-25-17-8-7-15(12-23)10-18(17)26-13-19(24)22-20-21-11-16(27-20)9-14-5-3-2-4-6-14/h2-8,10-12H,9,13H2,1H3,(H,21,22,24). The van der Waals surface area contributed by atoms with Gasteiger partial charge in [-0.15, -0.1) is 11.3 Å². The Morgan fingerprint density at radius 2 is 2.00 bits per heavy atom. The van der Waals surface area contributed by atoms with Crippen LogP contribution < -0.4 is 14.8 Å². The van der Waals surface area contributed by atoms with Crippen molar-refractivity contribution >= 4 is 28.7 Å². The number of nitrogens with one attached hydrogen (secondary N) is 1. The Bertz CT molecular complexity index is 925. The van der Waals surface area contributed by atoms with Crippen molar-refractivity contribution in [3.8, 4) is 11.5 Å². The fourth-order valence-corrected chi connectivity index (χ4v) is 3.28. The molecular formula is C20H18N2O4S. The van der Waals surface area contributed by atoms with Gasteiger partial charge in [0.1, 0.15) is 6.29 Å².